The van der Waals surface area contributed by atoms with Gasteiger partial charge in [0.1, 0.15) is 0 Å². The van der Waals surface area contributed by atoms with Crippen LogP contribution in [0.5, 0.6) is 0 Å². The van der Waals surface area contributed by atoms with Crippen LogP contribution in [-0.2, 0) is 11.2 Å². The molecule has 0 spiro atoms. The Kier molecular flexibility index (Phi) is 6.86. The third kappa shape index (κ3) is 5.58. The van der Waals surface area contributed by atoms with E-state index in [9.17, 15) is 4.79 Å². The number of halogens is 2. The minimum Gasteiger partial charge on any atom is -0.383 e. The fourth-order valence-electron chi connectivity index (χ4n) is 1.36. The van der Waals surface area contributed by atoms with Crippen molar-refractivity contribution in [3.63, 3.8) is 0 Å². The maximum absolute atomic E-state index is 11.3. The van der Waals surface area contributed by atoms with Gasteiger partial charge in [-0.1, -0.05) is 29.3 Å². The van der Waals surface area contributed by atoms with Gasteiger partial charge in [0.15, 0.2) is 0 Å². The molecular weight excluding hydrogens is 275 g/mol. The fourth-order valence-corrected chi connectivity index (χ4v) is 1.87. The number of rotatable bonds is 6. The number of carbonyl (C=O) groups is 1. The van der Waals surface area contributed by atoms with E-state index in [1.54, 1.807) is 19.2 Å². The Morgan fingerprint density at radius 3 is 2.67 bits per heavy atom. The fraction of sp³-hybridized carbons (Fsp3) is 0.417. The number of ether oxygens (including phenoxy) is 1. The lowest BCUT2D eigenvalue weighted by atomic mass is 10.1. The highest BCUT2D eigenvalue weighted by Gasteiger charge is 2.03. The first-order chi connectivity index (χ1) is 8.63. The van der Waals surface area contributed by atoms with Crippen LogP contribution in [-0.4, -0.2) is 32.8 Å². The molecule has 2 amide bonds. The van der Waals surface area contributed by atoms with E-state index in [1.165, 1.54) is 0 Å². The largest absolute Gasteiger partial charge is 0.383 e. The summed E-state index contributed by atoms with van der Waals surface area (Å²) in [7, 11) is 1.59. The van der Waals surface area contributed by atoms with Crippen LogP contribution in [0.15, 0.2) is 18.2 Å². The first kappa shape index (κ1) is 15.1. The summed E-state index contributed by atoms with van der Waals surface area (Å²) in [4.78, 5) is 11.3. The molecule has 1 aromatic carbocycles. The van der Waals surface area contributed by atoms with Crippen molar-refractivity contribution in [2.45, 2.75) is 6.42 Å². The van der Waals surface area contributed by atoms with Crippen molar-refractivity contribution in [1.29, 1.82) is 0 Å². The summed E-state index contributed by atoms with van der Waals surface area (Å²) in [6.45, 7) is 1.50. The minimum atomic E-state index is -0.211. The van der Waals surface area contributed by atoms with E-state index >= 15 is 0 Å². The molecule has 0 aromatic heterocycles. The molecule has 0 aliphatic carbocycles. The number of amides is 2. The Balaban J connectivity index is 2.26. The molecule has 1 aromatic rings. The molecule has 0 saturated carbocycles. The molecule has 0 radical (unpaired) electrons. The van der Waals surface area contributed by atoms with Crippen LogP contribution in [0.25, 0.3) is 0 Å². The normalized spacial score (nSPS) is 10.2. The van der Waals surface area contributed by atoms with Gasteiger partial charge < -0.3 is 15.4 Å². The Bertz CT molecular complexity index is 400. The molecule has 6 heteroatoms. The predicted octanol–water partition coefficient (Wildman–Crippen LogP) is 2.48. The lowest BCUT2D eigenvalue weighted by Gasteiger charge is -2.08. The van der Waals surface area contributed by atoms with Crippen LogP contribution < -0.4 is 10.6 Å². The second kappa shape index (κ2) is 8.19. The molecule has 4 nitrogen and oxygen atoms in total. The minimum absolute atomic E-state index is 0.211. The number of methoxy groups -OCH3 is 1. The number of carbonyl (C=O) groups excluding carboxylic acids is 1. The van der Waals surface area contributed by atoms with Crippen LogP contribution >= 0.6 is 23.2 Å². The summed E-state index contributed by atoms with van der Waals surface area (Å²) in [5.41, 5.74) is 0.957. The molecule has 0 heterocycles. The second-order valence-corrected chi connectivity index (χ2v) is 4.50. The van der Waals surface area contributed by atoms with Crippen molar-refractivity contribution < 1.29 is 9.53 Å². The van der Waals surface area contributed by atoms with Crippen molar-refractivity contribution in [1.82, 2.24) is 10.6 Å². The number of hydrogen-bond donors (Lipinski definition) is 2. The third-order valence-electron chi connectivity index (χ3n) is 2.29. The van der Waals surface area contributed by atoms with Crippen molar-refractivity contribution in [3.8, 4) is 0 Å². The van der Waals surface area contributed by atoms with Gasteiger partial charge in [0.2, 0.25) is 0 Å². The highest BCUT2D eigenvalue weighted by molar-refractivity contribution is 6.35. The first-order valence-corrected chi connectivity index (χ1v) is 6.33. The quantitative estimate of drug-likeness (QED) is 0.791. The van der Waals surface area contributed by atoms with E-state index in [4.69, 9.17) is 27.9 Å². The third-order valence-corrected chi connectivity index (χ3v) is 2.87. The molecule has 0 bridgehead atoms. The second-order valence-electron chi connectivity index (χ2n) is 3.66. The SMILES string of the molecule is COCCNC(=O)NCCc1ccc(Cl)cc1Cl. The van der Waals surface area contributed by atoms with Gasteiger partial charge in [-0.15, -0.1) is 0 Å². The molecule has 0 aliphatic rings. The Morgan fingerprint density at radius 2 is 2.00 bits per heavy atom. The number of benzene rings is 1. The van der Waals surface area contributed by atoms with Gasteiger partial charge in [-0.2, -0.15) is 0 Å². The van der Waals surface area contributed by atoms with Crippen LogP contribution in [0.4, 0.5) is 4.79 Å². The predicted molar refractivity (Wildman–Crippen MR) is 73.4 cm³/mol. The molecule has 0 saturated heterocycles. The molecule has 100 valence electrons. The lowest BCUT2D eigenvalue weighted by molar-refractivity contribution is 0.196. The van der Waals surface area contributed by atoms with Gasteiger partial charge in [0.05, 0.1) is 6.61 Å². The van der Waals surface area contributed by atoms with Crippen molar-refractivity contribution >= 4 is 29.2 Å². The van der Waals surface area contributed by atoms with Crippen molar-refractivity contribution in [2.75, 3.05) is 26.8 Å². The monoisotopic (exact) mass is 290 g/mol. The van der Waals surface area contributed by atoms with Crippen LogP contribution in [0.3, 0.4) is 0 Å². The zero-order valence-corrected chi connectivity index (χ0v) is 11.6. The zero-order valence-electron chi connectivity index (χ0n) is 10.1. The Morgan fingerprint density at radius 1 is 1.28 bits per heavy atom. The Hall–Kier alpha value is -0.970. The lowest BCUT2D eigenvalue weighted by Crippen LogP contribution is -2.38. The average molecular weight is 291 g/mol. The number of hydrogen-bond acceptors (Lipinski definition) is 2. The Labute approximate surface area is 117 Å². The molecular formula is C12H16Cl2N2O2. The van der Waals surface area contributed by atoms with Crippen LogP contribution in [0.2, 0.25) is 10.0 Å². The topological polar surface area (TPSA) is 50.4 Å². The number of urea groups is 1. The standard InChI is InChI=1S/C12H16Cl2N2O2/c1-18-7-6-16-12(17)15-5-4-9-2-3-10(13)8-11(9)14/h2-3,8H,4-7H2,1H3,(H2,15,16,17). The van der Waals surface area contributed by atoms with E-state index in [-0.39, 0.29) is 6.03 Å². The van der Waals surface area contributed by atoms with Gasteiger partial charge in [-0.25, -0.2) is 4.79 Å². The van der Waals surface area contributed by atoms with Gasteiger partial charge in [-0.05, 0) is 24.1 Å². The van der Waals surface area contributed by atoms with E-state index < -0.39 is 0 Å². The average Bonchev–Trinajstić information content (AvgIpc) is 2.32. The molecule has 0 atom stereocenters. The molecule has 0 unspecified atom stereocenters. The zero-order chi connectivity index (χ0) is 13.4. The van der Waals surface area contributed by atoms with E-state index in [2.05, 4.69) is 10.6 Å². The molecule has 0 aliphatic heterocycles. The maximum atomic E-state index is 11.3. The molecule has 18 heavy (non-hydrogen) atoms. The molecule has 1 rings (SSSR count). The summed E-state index contributed by atoms with van der Waals surface area (Å²) >= 11 is 11.8. The van der Waals surface area contributed by atoms with E-state index in [0.29, 0.717) is 36.2 Å². The van der Waals surface area contributed by atoms with E-state index in [1.807, 2.05) is 6.07 Å². The van der Waals surface area contributed by atoms with Gasteiger partial charge in [0, 0.05) is 30.2 Å². The van der Waals surface area contributed by atoms with Gasteiger partial charge in [0.25, 0.3) is 0 Å². The summed E-state index contributed by atoms with van der Waals surface area (Å²) < 4.78 is 4.82. The first-order valence-electron chi connectivity index (χ1n) is 5.58. The van der Waals surface area contributed by atoms with Gasteiger partial charge in [-0.3, -0.25) is 0 Å². The summed E-state index contributed by atoms with van der Waals surface area (Å²) in [5.74, 6) is 0. The summed E-state index contributed by atoms with van der Waals surface area (Å²) in [6.07, 6.45) is 0.660. The van der Waals surface area contributed by atoms with Gasteiger partial charge >= 0.3 is 6.03 Å². The smallest absolute Gasteiger partial charge is 0.314 e. The maximum Gasteiger partial charge on any atom is 0.314 e. The number of nitrogens with one attached hydrogen (secondary N) is 2. The highest BCUT2D eigenvalue weighted by atomic mass is 35.5. The summed E-state index contributed by atoms with van der Waals surface area (Å²) in [5, 5.41) is 6.62. The molecule has 0 fully saturated rings. The van der Waals surface area contributed by atoms with Crippen LogP contribution in [0, 0.1) is 0 Å². The van der Waals surface area contributed by atoms with Crippen molar-refractivity contribution in [3.05, 3.63) is 33.8 Å². The highest BCUT2D eigenvalue weighted by Crippen LogP contribution is 2.20. The van der Waals surface area contributed by atoms with E-state index in [0.717, 1.165) is 5.56 Å². The summed E-state index contributed by atoms with van der Waals surface area (Å²) in [6, 6.07) is 5.12. The van der Waals surface area contributed by atoms with Crippen molar-refractivity contribution in [2.24, 2.45) is 0 Å². The van der Waals surface area contributed by atoms with Crippen LogP contribution in [0.1, 0.15) is 5.56 Å². The molecule has 2 N–H and O–H groups in total.